The maximum atomic E-state index is 12.1. The van der Waals surface area contributed by atoms with Crippen LogP contribution in [0.25, 0.3) is 11.3 Å². The van der Waals surface area contributed by atoms with E-state index in [0.717, 1.165) is 5.56 Å². The first-order valence-corrected chi connectivity index (χ1v) is 7.77. The van der Waals surface area contributed by atoms with Crippen LogP contribution in [0.2, 0.25) is 0 Å². The molecule has 130 valence electrons. The molecule has 1 amide bonds. The van der Waals surface area contributed by atoms with Crippen LogP contribution in [-0.4, -0.2) is 34.2 Å². The second kappa shape index (κ2) is 6.60. The number of nitrogens with one attached hydrogen (secondary N) is 2. The van der Waals surface area contributed by atoms with Crippen LogP contribution in [-0.2, 0) is 0 Å². The molecule has 26 heavy (non-hydrogen) atoms. The number of aromatic amines is 1. The predicted octanol–water partition coefficient (Wildman–Crippen LogP) is 2.27. The topological polar surface area (TPSA) is 109 Å². The lowest BCUT2D eigenvalue weighted by Crippen LogP contribution is -2.18. The summed E-state index contributed by atoms with van der Waals surface area (Å²) in [6.45, 7) is 0.196. The van der Waals surface area contributed by atoms with E-state index in [2.05, 4.69) is 20.7 Å². The van der Waals surface area contributed by atoms with Crippen molar-refractivity contribution in [3.8, 4) is 28.5 Å². The maximum Gasteiger partial charge on any atom is 0.289 e. The van der Waals surface area contributed by atoms with Gasteiger partial charge in [-0.05, 0) is 36.4 Å². The standard InChI is InChI=1S/C18H14N4O4/c23-15-4-2-1-3-12(15)9-19-22-18(24)14-8-13(20-21-14)11-5-6-16-17(7-11)26-10-25-16/h1-9,23H,10H2,(H,20,21)(H,22,24). The lowest BCUT2D eigenvalue weighted by molar-refractivity contribution is 0.0950. The lowest BCUT2D eigenvalue weighted by Gasteiger charge is -1.99. The second-order valence-corrected chi connectivity index (χ2v) is 5.49. The van der Waals surface area contributed by atoms with Gasteiger partial charge in [0.05, 0.1) is 11.9 Å². The molecular formula is C18H14N4O4. The minimum absolute atomic E-state index is 0.0807. The van der Waals surface area contributed by atoms with Crippen molar-refractivity contribution < 1.29 is 19.4 Å². The molecule has 0 radical (unpaired) electrons. The summed E-state index contributed by atoms with van der Waals surface area (Å²) >= 11 is 0. The Morgan fingerprint density at radius 1 is 1.19 bits per heavy atom. The van der Waals surface area contributed by atoms with E-state index in [1.165, 1.54) is 12.3 Å². The van der Waals surface area contributed by atoms with E-state index in [-0.39, 0.29) is 18.2 Å². The number of hydrazone groups is 1. The number of hydrogen-bond donors (Lipinski definition) is 3. The van der Waals surface area contributed by atoms with Gasteiger partial charge in [-0.1, -0.05) is 12.1 Å². The Balaban J connectivity index is 1.46. The number of carbonyl (C=O) groups is 1. The summed E-state index contributed by atoms with van der Waals surface area (Å²) in [5.74, 6) is 0.956. The first-order valence-electron chi connectivity index (χ1n) is 7.77. The first-order chi connectivity index (χ1) is 12.7. The number of para-hydroxylation sites is 1. The highest BCUT2D eigenvalue weighted by atomic mass is 16.7. The summed E-state index contributed by atoms with van der Waals surface area (Å²) in [6.07, 6.45) is 1.36. The van der Waals surface area contributed by atoms with Crippen LogP contribution in [0.15, 0.2) is 53.6 Å². The molecule has 4 rings (SSSR count). The summed E-state index contributed by atoms with van der Waals surface area (Å²) in [5, 5.41) is 20.3. The Kier molecular flexibility index (Phi) is 3.98. The van der Waals surface area contributed by atoms with E-state index in [0.29, 0.717) is 22.8 Å². The van der Waals surface area contributed by atoms with Crippen LogP contribution < -0.4 is 14.9 Å². The van der Waals surface area contributed by atoms with Gasteiger partial charge < -0.3 is 14.6 Å². The molecule has 0 saturated heterocycles. The fourth-order valence-corrected chi connectivity index (χ4v) is 2.46. The number of fused-ring (bicyclic) bond motifs is 1. The van der Waals surface area contributed by atoms with Gasteiger partial charge >= 0.3 is 0 Å². The molecule has 1 aromatic heterocycles. The quantitative estimate of drug-likeness (QED) is 0.494. The van der Waals surface area contributed by atoms with Crippen LogP contribution in [0, 0.1) is 0 Å². The number of phenolic OH excluding ortho intramolecular Hbond substituents is 1. The van der Waals surface area contributed by atoms with Gasteiger partial charge in [-0.2, -0.15) is 10.2 Å². The van der Waals surface area contributed by atoms with Crippen molar-refractivity contribution in [1.29, 1.82) is 0 Å². The Morgan fingerprint density at radius 3 is 2.92 bits per heavy atom. The molecule has 0 fully saturated rings. The number of rotatable bonds is 4. The Bertz CT molecular complexity index is 996. The van der Waals surface area contributed by atoms with E-state index in [9.17, 15) is 9.90 Å². The molecule has 8 nitrogen and oxygen atoms in total. The Morgan fingerprint density at radius 2 is 2.04 bits per heavy atom. The van der Waals surface area contributed by atoms with Crippen LogP contribution in [0.1, 0.15) is 16.1 Å². The molecule has 0 aliphatic carbocycles. The number of aromatic hydroxyl groups is 1. The molecule has 2 heterocycles. The van der Waals surface area contributed by atoms with Crippen LogP contribution >= 0.6 is 0 Å². The van der Waals surface area contributed by atoms with Gasteiger partial charge in [-0.3, -0.25) is 9.89 Å². The van der Waals surface area contributed by atoms with E-state index in [1.807, 2.05) is 6.07 Å². The average molecular weight is 350 g/mol. The Hall–Kier alpha value is -3.81. The van der Waals surface area contributed by atoms with E-state index >= 15 is 0 Å². The van der Waals surface area contributed by atoms with Gasteiger partial charge in [0, 0.05) is 11.1 Å². The second-order valence-electron chi connectivity index (χ2n) is 5.49. The molecular weight excluding hydrogens is 336 g/mol. The number of benzene rings is 2. The van der Waals surface area contributed by atoms with Crippen LogP contribution in [0.3, 0.4) is 0 Å². The number of amides is 1. The van der Waals surface area contributed by atoms with Crippen molar-refractivity contribution in [3.05, 3.63) is 59.8 Å². The zero-order valence-electron chi connectivity index (χ0n) is 13.5. The molecule has 0 saturated carbocycles. The van der Waals surface area contributed by atoms with Crippen molar-refractivity contribution in [3.63, 3.8) is 0 Å². The van der Waals surface area contributed by atoms with Crippen molar-refractivity contribution in [2.45, 2.75) is 0 Å². The highest BCUT2D eigenvalue weighted by Crippen LogP contribution is 2.35. The third-order valence-corrected chi connectivity index (χ3v) is 3.80. The normalized spacial score (nSPS) is 12.5. The van der Waals surface area contributed by atoms with E-state index in [4.69, 9.17) is 9.47 Å². The third kappa shape index (κ3) is 3.07. The molecule has 2 aromatic carbocycles. The molecule has 3 N–H and O–H groups in total. The van der Waals surface area contributed by atoms with Gasteiger partial charge in [0.15, 0.2) is 11.5 Å². The lowest BCUT2D eigenvalue weighted by atomic mass is 10.1. The summed E-state index contributed by atoms with van der Waals surface area (Å²) in [5.41, 5.74) is 4.53. The van der Waals surface area contributed by atoms with Crippen LogP contribution in [0.5, 0.6) is 17.2 Å². The van der Waals surface area contributed by atoms with Crippen molar-refractivity contribution >= 4 is 12.1 Å². The van der Waals surface area contributed by atoms with Crippen molar-refractivity contribution in [2.24, 2.45) is 5.10 Å². The first kappa shape index (κ1) is 15.7. The van der Waals surface area contributed by atoms with Gasteiger partial charge in [0.1, 0.15) is 11.4 Å². The number of carbonyl (C=O) groups excluding carboxylic acids is 1. The maximum absolute atomic E-state index is 12.1. The summed E-state index contributed by atoms with van der Waals surface area (Å²) in [6, 6.07) is 13.7. The van der Waals surface area contributed by atoms with Crippen molar-refractivity contribution in [2.75, 3.05) is 6.79 Å². The van der Waals surface area contributed by atoms with Gasteiger partial charge in [0.2, 0.25) is 6.79 Å². The molecule has 0 unspecified atom stereocenters. The SMILES string of the molecule is O=C(NN=Cc1ccccc1O)c1cc(-c2ccc3c(c2)OCO3)n[nH]1. The number of phenols is 1. The highest BCUT2D eigenvalue weighted by molar-refractivity contribution is 5.94. The van der Waals surface area contributed by atoms with E-state index < -0.39 is 5.91 Å². The average Bonchev–Trinajstić information content (AvgIpc) is 3.32. The smallest absolute Gasteiger partial charge is 0.289 e. The summed E-state index contributed by atoms with van der Waals surface area (Å²) < 4.78 is 10.6. The molecule has 3 aromatic rings. The molecule has 1 aliphatic heterocycles. The molecule has 0 atom stereocenters. The minimum Gasteiger partial charge on any atom is -0.507 e. The molecule has 8 heteroatoms. The number of nitrogens with zero attached hydrogens (tertiary/aromatic N) is 2. The van der Waals surface area contributed by atoms with Gasteiger partial charge in [-0.25, -0.2) is 5.43 Å². The summed E-state index contributed by atoms with van der Waals surface area (Å²) in [4.78, 5) is 12.1. The zero-order valence-corrected chi connectivity index (χ0v) is 13.5. The zero-order chi connectivity index (χ0) is 17.9. The van der Waals surface area contributed by atoms with Gasteiger partial charge in [-0.15, -0.1) is 0 Å². The molecule has 1 aliphatic rings. The third-order valence-electron chi connectivity index (χ3n) is 3.80. The van der Waals surface area contributed by atoms with Crippen LogP contribution in [0.4, 0.5) is 0 Å². The van der Waals surface area contributed by atoms with Crippen molar-refractivity contribution in [1.82, 2.24) is 15.6 Å². The number of hydrogen-bond acceptors (Lipinski definition) is 6. The fourth-order valence-electron chi connectivity index (χ4n) is 2.46. The monoisotopic (exact) mass is 350 g/mol. The molecule has 0 bridgehead atoms. The van der Waals surface area contributed by atoms with E-state index in [1.54, 1.807) is 36.4 Å². The summed E-state index contributed by atoms with van der Waals surface area (Å²) in [7, 11) is 0. The number of aromatic nitrogens is 2. The highest BCUT2D eigenvalue weighted by Gasteiger charge is 2.16. The minimum atomic E-state index is -0.448. The molecule has 0 spiro atoms. The largest absolute Gasteiger partial charge is 0.507 e. The van der Waals surface area contributed by atoms with Gasteiger partial charge in [0.25, 0.3) is 5.91 Å². The Labute approximate surface area is 148 Å². The fraction of sp³-hybridized carbons (Fsp3) is 0.0556. The predicted molar refractivity (Wildman–Crippen MR) is 93.3 cm³/mol. The number of H-pyrrole nitrogens is 1. The number of ether oxygens (including phenoxy) is 2.